The van der Waals surface area contributed by atoms with E-state index in [1.165, 1.54) is 47.4 Å². The molecule has 4 rings (SSSR count). The largest absolute Gasteiger partial charge is 0.475 e. The molecule has 9 nitrogen and oxygen atoms in total. The lowest BCUT2D eigenvalue weighted by molar-refractivity contribution is -0.136. The summed E-state index contributed by atoms with van der Waals surface area (Å²) in [5, 5.41) is 24.6. The summed E-state index contributed by atoms with van der Waals surface area (Å²) in [6.07, 6.45) is -2.07. The number of rotatable bonds is 7. The number of hydrogen-bond acceptors (Lipinski definition) is 7. The van der Waals surface area contributed by atoms with E-state index in [1.807, 2.05) is 0 Å². The Morgan fingerprint density at radius 1 is 1.15 bits per heavy atom. The summed E-state index contributed by atoms with van der Waals surface area (Å²) in [6, 6.07) is 9.64. The van der Waals surface area contributed by atoms with E-state index in [9.17, 15) is 23.1 Å². The molecule has 0 bridgehead atoms. The van der Waals surface area contributed by atoms with E-state index in [0.717, 1.165) is 6.07 Å². The van der Waals surface area contributed by atoms with Gasteiger partial charge in [-0.2, -0.15) is 18.3 Å². The summed E-state index contributed by atoms with van der Waals surface area (Å²) in [5.74, 6) is -0.852. The third kappa shape index (κ3) is 4.82. The van der Waals surface area contributed by atoms with Crippen LogP contribution in [0, 0.1) is 0 Å². The molecule has 176 valence electrons. The highest BCUT2D eigenvalue weighted by molar-refractivity contribution is 6.04. The summed E-state index contributed by atoms with van der Waals surface area (Å²) in [5.41, 5.74) is -1.25. The van der Waals surface area contributed by atoms with Crippen molar-refractivity contribution >= 4 is 17.2 Å². The van der Waals surface area contributed by atoms with E-state index >= 15 is 0 Å². The smallest absolute Gasteiger partial charge is 0.419 e. The minimum absolute atomic E-state index is 0.0313. The molecule has 3 heterocycles. The first-order valence-corrected chi connectivity index (χ1v) is 9.96. The molecule has 12 heteroatoms. The number of hydrogen-bond donors (Lipinski definition) is 3. The molecule has 1 atom stereocenters. The fourth-order valence-electron chi connectivity index (χ4n) is 3.26. The lowest BCUT2D eigenvalue weighted by atomic mass is 9.98. The molecule has 0 radical (unpaired) electrons. The number of nitrogens with one attached hydrogen (secondary N) is 1. The van der Waals surface area contributed by atoms with Gasteiger partial charge in [-0.25, -0.2) is 14.5 Å². The van der Waals surface area contributed by atoms with Crippen LogP contribution < -0.4 is 10.1 Å². The Morgan fingerprint density at radius 2 is 1.97 bits per heavy atom. The number of fused-ring (bicyclic) bond motifs is 1. The number of imidazole rings is 1. The fourth-order valence-corrected chi connectivity index (χ4v) is 3.26. The number of carbonyl (C=O) groups excluding carboxylic acids is 1. The monoisotopic (exact) mass is 473 g/mol. The van der Waals surface area contributed by atoms with E-state index in [-0.39, 0.29) is 29.3 Å². The number of anilines is 1. The average molecular weight is 473 g/mol. The number of aliphatic hydroxyl groups is 2. The molecule has 3 aromatic heterocycles. The van der Waals surface area contributed by atoms with Crippen LogP contribution in [0.5, 0.6) is 5.88 Å². The number of halogens is 3. The highest BCUT2D eigenvalue weighted by atomic mass is 19.4. The zero-order valence-corrected chi connectivity index (χ0v) is 17.4. The van der Waals surface area contributed by atoms with Gasteiger partial charge >= 0.3 is 6.18 Å². The van der Waals surface area contributed by atoms with Gasteiger partial charge in [0.05, 0.1) is 24.1 Å². The van der Waals surface area contributed by atoms with Gasteiger partial charge in [-0.1, -0.05) is 12.1 Å². The number of nitrogens with zero attached hydrogens (tertiary/aromatic N) is 4. The molecule has 1 aromatic carbocycles. The lowest BCUT2D eigenvalue weighted by Gasteiger charge is -2.18. The van der Waals surface area contributed by atoms with Gasteiger partial charge in [0.1, 0.15) is 12.7 Å². The summed E-state index contributed by atoms with van der Waals surface area (Å²) in [6.45, 7) is -0.829. The fraction of sp³-hybridized carbons (Fsp3) is 0.182. The Hall–Kier alpha value is -4.03. The van der Waals surface area contributed by atoms with Crippen molar-refractivity contribution in [2.24, 2.45) is 0 Å². The van der Waals surface area contributed by atoms with Crippen molar-refractivity contribution < 1.29 is 32.9 Å². The molecular weight excluding hydrogens is 455 g/mol. The second kappa shape index (κ2) is 9.45. The molecule has 0 spiro atoms. The molecule has 4 aromatic rings. The first-order chi connectivity index (χ1) is 16.3. The van der Waals surface area contributed by atoms with Crippen LogP contribution in [-0.4, -0.2) is 55.0 Å². The SMILES string of the molecule is O=C(Nc1cccc(-c2ccnc(OCC(O)CO)c2)c1C(F)(F)F)c1cnc2cccnn12. The molecule has 3 N–H and O–H groups in total. The predicted octanol–water partition coefficient (Wildman–Crippen LogP) is 2.79. The molecule has 1 amide bonds. The number of alkyl halides is 3. The Bertz CT molecular complexity index is 1330. The van der Waals surface area contributed by atoms with Gasteiger partial charge < -0.3 is 20.3 Å². The van der Waals surface area contributed by atoms with Crippen molar-refractivity contribution in [2.45, 2.75) is 12.3 Å². The molecule has 1 unspecified atom stereocenters. The zero-order valence-electron chi connectivity index (χ0n) is 17.4. The van der Waals surface area contributed by atoms with Gasteiger partial charge in [0.15, 0.2) is 11.3 Å². The maximum atomic E-state index is 14.2. The summed E-state index contributed by atoms with van der Waals surface area (Å²) in [4.78, 5) is 20.7. The standard InChI is InChI=1S/C22H18F3N5O4/c23-22(24,25)20-15(13-6-8-26-19(9-13)34-12-14(32)11-31)3-1-4-16(20)29-21(33)17-10-27-18-5-2-7-28-30(17)18/h1-10,14,31-32H,11-12H2,(H,29,33). The van der Waals surface area contributed by atoms with Gasteiger partial charge in [-0.3, -0.25) is 4.79 Å². The normalized spacial score (nSPS) is 12.5. The number of amides is 1. The number of aliphatic hydroxyl groups excluding tert-OH is 2. The van der Waals surface area contributed by atoms with Gasteiger partial charge in [-0.05, 0) is 35.4 Å². The van der Waals surface area contributed by atoms with Crippen LogP contribution in [0.3, 0.4) is 0 Å². The molecule has 0 aliphatic carbocycles. The van der Waals surface area contributed by atoms with Crippen LogP contribution in [0.2, 0.25) is 0 Å². The number of carbonyl (C=O) groups is 1. The molecule has 0 saturated carbocycles. The highest BCUT2D eigenvalue weighted by Gasteiger charge is 2.37. The maximum Gasteiger partial charge on any atom is 0.419 e. The third-order valence-electron chi connectivity index (χ3n) is 4.79. The lowest BCUT2D eigenvalue weighted by Crippen LogP contribution is -2.21. The van der Waals surface area contributed by atoms with Gasteiger partial charge in [0.2, 0.25) is 5.88 Å². The van der Waals surface area contributed by atoms with Crippen LogP contribution in [0.1, 0.15) is 16.1 Å². The van der Waals surface area contributed by atoms with E-state index in [0.29, 0.717) is 5.65 Å². The van der Waals surface area contributed by atoms with E-state index < -0.39 is 36.0 Å². The van der Waals surface area contributed by atoms with E-state index in [4.69, 9.17) is 9.84 Å². The van der Waals surface area contributed by atoms with Crippen LogP contribution in [-0.2, 0) is 6.18 Å². The minimum Gasteiger partial charge on any atom is -0.475 e. The first kappa shape index (κ1) is 23.1. The van der Waals surface area contributed by atoms with Gasteiger partial charge in [0.25, 0.3) is 5.91 Å². The first-order valence-electron chi connectivity index (χ1n) is 9.96. The second-order valence-electron chi connectivity index (χ2n) is 7.15. The molecule has 34 heavy (non-hydrogen) atoms. The summed E-state index contributed by atoms with van der Waals surface area (Å²) in [7, 11) is 0. The quantitative estimate of drug-likeness (QED) is 0.377. The van der Waals surface area contributed by atoms with Crippen LogP contribution in [0.15, 0.2) is 61.1 Å². The molecular formula is C22H18F3N5O4. The van der Waals surface area contributed by atoms with Crippen molar-refractivity contribution in [3.05, 3.63) is 72.3 Å². The van der Waals surface area contributed by atoms with Crippen LogP contribution >= 0.6 is 0 Å². The van der Waals surface area contributed by atoms with Gasteiger partial charge in [-0.15, -0.1) is 0 Å². The van der Waals surface area contributed by atoms with Crippen molar-refractivity contribution in [2.75, 3.05) is 18.5 Å². The van der Waals surface area contributed by atoms with Crippen LogP contribution in [0.4, 0.5) is 18.9 Å². The topological polar surface area (TPSA) is 122 Å². The number of benzene rings is 1. The molecule has 0 aliphatic rings. The maximum absolute atomic E-state index is 14.2. The minimum atomic E-state index is -4.81. The second-order valence-corrected chi connectivity index (χ2v) is 7.15. The van der Waals surface area contributed by atoms with Gasteiger partial charge in [0, 0.05) is 18.5 Å². The van der Waals surface area contributed by atoms with Crippen molar-refractivity contribution in [3.8, 4) is 17.0 Å². The predicted molar refractivity (Wildman–Crippen MR) is 114 cm³/mol. The van der Waals surface area contributed by atoms with Crippen molar-refractivity contribution in [1.82, 2.24) is 19.6 Å². The van der Waals surface area contributed by atoms with E-state index in [2.05, 4.69) is 20.4 Å². The number of pyridine rings is 1. The highest BCUT2D eigenvalue weighted by Crippen LogP contribution is 2.42. The van der Waals surface area contributed by atoms with E-state index in [1.54, 1.807) is 12.1 Å². The van der Waals surface area contributed by atoms with Crippen molar-refractivity contribution in [3.63, 3.8) is 0 Å². The summed E-state index contributed by atoms with van der Waals surface area (Å²) >= 11 is 0. The molecule has 0 aliphatic heterocycles. The Balaban J connectivity index is 1.70. The summed E-state index contributed by atoms with van der Waals surface area (Å²) < 4.78 is 48.9. The average Bonchev–Trinajstić information content (AvgIpc) is 3.26. The Kier molecular flexibility index (Phi) is 6.43. The number of aromatic nitrogens is 4. The molecule has 0 saturated heterocycles. The van der Waals surface area contributed by atoms with Crippen LogP contribution in [0.25, 0.3) is 16.8 Å². The Labute approximate surface area is 190 Å². The zero-order chi connectivity index (χ0) is 24.3. The third-order valence-corrected chi connectivity index (χ3v) is 4.79. The Morgan fingerprint density at radius 3 is 2.74 bits per heavy atom. The molecule has 0 fully saturated rings. The van der Waals surface area contributed by atoms with Crippen molar-refractivity contribution in [1.29, 1.82) is 0 Å². The number of ether oxygens (including phenoxy) is 1.